The van der Waals surface area contributed by atoms with Gasteiger partial charge in [0.2, 0.25) is 0 Å². The van der Waals surface area contributed by atoms with Crippen molar-refractivity contribution in [2.24, 2.45) is 5.10 Å². The maximum atomic E-state index is 11.0. The van der Waals surface area contributed by atoms with Crippen molar-refractivity contribution in [2.45, 2.75) is 6.92 Å². The fraction of sp³-hybridized carbons (Fsp3) is 0.333. The molecular formula is C12H14N2O3S. The van der Waals surface area contributed by atoms with E-state index < -0.39 is 0 Å². The zero-order chi connectivity index (χ0) is 13.0. The second-order valence-corrected chi connectivity index (χ2v) is 4.49. The number of rotatable bonds is 4. The van der Waals surface area contributed by atoms with Crippen LogP contribution in [0.25, 0.3) is 0 Å². The fourth-order valence-electron chi connectivity index (χ4n) is 1.58. The molecule has 0 fully saturated rings. The summed E-state index contributed by atoms with van der Waals surface area (Å²) in [5, 5.41) is 3.91. The van der Waals surface area contributed by atoms with Gasteiger partial charge >= 0.3 is 0 Å². The highest BCUT2D eigenvalue weighted by atomic mass is 32.2. The Morgan fingerprint density at radius 3 is 2.89 bits per heavy atom. The first-order chi connectivity index (χ1) is 8.74. The van der Waals surface area contributed by atoms with Crippen LogP contribution in [0.2, 0.25) is 0 Å². The maximum absolute atomic E-state index is 11.0. The van der Waals surface area contributed by atoms with Crippen molar-refractivity contribution in [1.29, 1.82) is 0 Å². The normalized spacial score (nSPS) is 14.8. The molecule has 5 nitrogen and oxygen atoms in total. The second kappa shape index (κ2) is 5.77. The summed E-state index contributed by atoms with van der Waals surface area (Å²) in [6, 6.07) is 5.61. The fourth-order valence-corrected chi connectivity index (χ4v) is 2.19. The lowest BCUT2D eigenvalue weighted by Crippen LogP contribution is -2.23. The summed E-state index contributed by atoms with van der Waals surface area (Å²) >= 11 is 1.20. The molecule has 0 saturated carbocycles. The van der Waals surface area contributed by atoms with Gasteiger partial charge in [-0.1, -0.05) is 11.8 Å². The van der Waals surface area contributed by atoms with Gasteiger partial charge in [0.1, 0.15) is 0 Å². The Kier molecular flexibility index (Phi) is 4.09. The second-order valence-electron chi connectivity index (χ2n) is 3.55. The first-order valence-corrected chi connectivity index (χ1v) is 6.53. The number of nitrogens with one attached hydrogen (secondary N) is 1. The van der Waals surface area contributed by atoms with E-state index in [2.05, 4.69) is 10.5 Å². The summed E-state index contributed by atoms with van der Waals surface area (Å²) in [4.78, 5) is 11.0. The number of methoxy groups -OCH3 is 1. The van der Waals surface area contributed by atoms with Crippen LogP contribution in [0.3, 0.4) is 0 Å². The van der Waals surface area contributed by atoms with Crippen LogP contribution >= 0.6 is 11.8 Å². The molecule has 2 rings (SSSR count). The smallest absolute Gasteiger partial charge is 0.299 e. The van der Waals surface area contributed by atoms with E-state index in [-0.39, 0.29) is 5.24 Å². The summed E-state index contributed by atoms with van der Waals surface area (Å²) in [5.41, 5.74) is 4.20. The van der Waals surface area contributed by atoms with E-state index in [0.717, 1.165) is 11.3 Å². The van der Waals surface area contributed by atoms with Crippen LogP contribution in [-0.4, -0.2) is 30.4 Å². The Bertz CT molecular complexity index is 488. The third-order valence-corrected chi connectivity index (χ3v) is 3.19. The van der Waals surface area contributed by atoms with E-state index in [0.29, 0.717) is 23.9 Å². The van der Waals surface area contributed by atoms with Gasteiger partial charge in [0.25, 0.3) is 5.24 Å². The Hall–Kier alpha value is -1.69. The summed E-state index contributed by atoms with van der Waals surface area (Å²) in [6.45, 7) is 2.48. The van der Waals surface area contributed by atoms with Gasteiger partial charge in [0, 0.05) is 11.3 Å². The van der Waals surface area contributed by atoms with Crippen LogP contribution in [0.4, 0.5) is 4.79 Å². The quantitative estimate of drug-likeness (QED) is 0.908. The largest absolute Gasteiger partial charge is 0.493 e. The molecule has 0 aliphatic carbocycles. The van der Waals surface area contributed by atoms with Crippen LogP contribution in [0.1, 0.15) is 12.5 Å². The first kappa shape index (κ1) is 12.8. The van der Waals surface area contributed by atoms with E-state index in [1.54, 1.807) is 7.11 Å². The Morgan fingerprint density at radius 1 is 1.44 bits per heavy atom. The van der Waals surface area contributed by atoms with Gasteiger partial charge in [-0.2, -0.15) is 5.10 Å². The molecule has 1 heterocycles. The number of ether oxygens (including phenoxy) is 2. The Balaban J connectivity index is 2.29. The number of hydrogen-bond donors (Lipinski definition) is 1. The number of benzene rings is 1. The average molecular weight is 266 g/mol. The van der Waals surface area contributed by atoms with E-state index in [1.807, 2.05) is 25.1 Å². The van der Waals surface area contributed by atoms with E-state index in [4.69, 9.17) is 9.47 Å². The third kappa shape index (κ3) is 2.76. The molecular weight excluding hydrogens is 252 g/mol. The molecule has 1 N–H and O–H groups in total. The molecule has 96 valence electrons. The molecule has 1 aliphatic rings. The summed E-state index contributed by atoms with van der Waals surface area (Å²) in [7, 11) is 1.60. The number of amides is 1. The summed E-state index contributed by atoms with van der Waals surface area (Å²) < 4.78 is 10.7. The minimum atomic E-state index is -0.128. The van der Waals surface area contributed by atoms with Gasteiger partial charge in [0.05, 0.1) is 19.4 Å². The lowest BCUT2D eigenvalue weighted by atomic mass is 10.1. The van der Waals surface area contributed by atoms with E-state index in [9.17, 15) is 4.79 Å². The molecule has 1 aromatic carbocycles. The number of nitrogens with zero attached hydrogens (tertiary/aromatic N) is 1. The van der Waals surface area contributed by atoms with Gasteiger partial charge in [-0.25, -0.2) is 5.43 Å². The van der Waals surface area contributed by atoms with Crippen molar-refractivity contribution in [3.8, 4) is 11.5 Å². The van der Waals surface area contributed by atoms with E-state index in [1.165, 1.54) is 11.8 Å². The van der Waals surface area contributed by atoms with Crippen LogP contribution in [0, 0.1) is 0 Å². The van der Waals surface area contributed by atoms with Crippen molar-refractivity contribution in [1.82, 2.24) is 5.43 Å². The van der Waals surface area contributed by atoms with Crippen molar-refractivity contribution in [3.63, 3.8) is 0 Å². The molecule has 0 atom stereocenters. The number of hydrogen-bond acceptors (Lipinski definition) is 5. The van der Waals surface area contributed by atoms with Gasteiger partial charge in [-0.3, -0.25) is 4.79 Å². The summed E-state index contributed by atoms with van der Waals surface area (Å²) in [5.74, 6) is 1.93. The maximum Gasteiger partial charge on any atom is 0.299 e. The number of carbonyl (C=O) groups excluding carboxylic acids is 1. The number of thioether (sulfide) groups is 1. The topological polar surface area (TPSA) is 59.9 Å². The zero-order valence-corrected chi connectivity index (χ0v) is 11.0. The van der Waals surface area contributed by atoms with Gasteiger partial charge < -0.3 is 9.47 Å². The number of hydrazone groups is 1. The molecule has 1 amide bonds. The molecule has 0 bridgehead atoms. The third-order valence-electron chi connectivity index (χ3n) is 2.42. The van der Waals surface area contributed by atoms with Crippen LogP contribution in [0.15, 0.2) is 23.3 Å². The van der Waals surface area contributed by atoms with Gasteiger partial charge in [0.15, 0.2) is 11.5 Å². The van der Waals surface area contributed by atoms with Crippen LogP contribution < -0.4 is 14.9 Å². The Labute approximate surface area is 110 Å². The highest BCUT2D eigenvalue weighted by molar-refractivity contribution is 8.14. The predicted octanol–water partition coefficient (Wildman–Crippen LogP) is 2.25. The zero-order valence-electron chi connectivity index (χ0n) is 10.2. The molecule has 18 heavy (non-hydrogen) atoms. The molecule has 1 aliphatic heterocycles. The van der Waals surface area contributed by atoms with Crippen molar-refractivity contribution >= 4 is 22.7 Å². The molecule has 6 heteroatoms. The monoisotopic (exact) mass is 266 g/mol. The van der Waals surface area contributed by atoms with Crippen molar-refractivity contribution < 1.29 is 14.3 Å². The number of carbonyl (C=O) groups is 1. The Morgan fingerprint density at radius 2 is 2.28 bits per heavy atom. The SMILES string of the molecule is CCOc1cc(C2=NNC(=O)SC2)ccc1OC. The van der Waals surface area contributed by atoms with Crippen LogP contribution in [0.5, 0.6) is 11.5 Å². The standard InChI is InChI=1S/C12H14N2O3S/c1-3-17-11-6-8(4-5-10(11)16-2)9-7-18-12(15)14-13-9/h4-6H,3,7H2,1-2H3,(H,14,15). The molecule has 0 aromatic heterocycles. The lowest BCUT2D eigenvalue weighted by Gasteiger charge is -2.14. The van der Waals surface area contributed by atoms with Gasteiger partial charge in [-0.15, -0.1) is 0 Å². The lowest BCUT2D eigenvalue weighted by molar-refractivity contribution is 0.261. The van der Waals surface area contributed by atoms with Crippen molar-refractivity contribution in [3.05, 3.63) is 23.8 Å². The highest BCUT2D eigenvalue weighted by Gasteiger charge is 2.15. The van der Waals surface area contributed by atoms with Crippen molar-refractivity contribution in [2.75, 3.05) is 19.5 Å². The average Bonchev–Trinajstić information content (AvgIpc) is 2.40. The molecule has 0 unspecified atom stereocenters. The first-order valence-electron chi connectivity index (χ1n) is 5.55. The highest BCUT2D eigenvalue weighted by Crippen LogP contribution is 2.29. The van der Waals surface area contributed by atoms with Crippen LogP contribution in [-0.2, 0) is 0 Å². The van der Waals surface area contributed by atoms with E-state index >= 15 is 0 Å². The van der Waals surface area contributed by atoms with Gasteiger partial charge in [-0.05, 0) is 25.1 Å². The molecule has 0 saturated heterocycles. The minimum Gasteiger partial charge on any atom is -0.493 e. The molecule has 1 aromatic rings. The predicted molar refractivity (Wildman–Crippen MR) is 71.7 cm³/mol. The molecule has 0 radical (unpaired) electrons. The molecule has 0 spiro atoms. The summed E-state index contributed by atoms with van der Waals surface area (Å²) in [6.07, 6.45) is 0. The minimum absolute atomic E-state index is 0.128.